The predicted molar refractivity (Wildman–Crippen MR) is 65.2 cm³/mol. The first-order chi connectivity index (χ1) is 7.48. The van der Waals surface area contributed by atoms with Gasteiger partial charge in [-0.3, -0.25) is 0 Å². The van der Waals surface area contributed by atoms with Crippen LogP contribution in [0.1, 0.15) is 18.9 Å². The van der Waals surface area contributed by atoms with E-state index >= 15 is 0 Å². The zero-order valence-corrected chi connectivity index (χ0v) is 10.4. The van der Waals surface area contributed by atoms with Gasteiger partial charge in [-0.25, -0.2) is 8.42 Å². The number of rotatable bonds is 5. The molecule has 1 aromatic carbocycles. The SMILES string of the molecule is CCCS(=O)(=O)Cc1ccc(N)cc1OC. The summed E-state index contributed by atoms with van der Waals surface area (Å²) in [6.45, 7) is 1.85. The first-order valence-electron chi connectivity index (χ1n) is 5.11. The molecule has 0 atom stereocenters. The van der Waals surface area contributed by atoms with Crippen molar-refractivity contribution in [1.29, 1.82) is 0 Å². The van der Waals surface area contributed by atoms with Crippen LogP contribution in [0.25, 0.3) is 0 Å². The minimum absolute atomic E-state index is 0.00426. The molecule has 16 heavy (non-hydrogen) atoms. The molecule has 2 N–H and O–H groups in total. The minimum Gasteiger partial charge on any atom is -0.496 e. The molecule has 90 valence electrons. The van der Waals surface area contributed by atoms with E-state index in [0.29, 0.717) is 23.4 Å². The molecule has 1 aromatic rings. The van der Waals surface area contributed by atoms with Gasteiger partial charge in [0.05, 0.1) is 18.6 Å². The van der Waals surface area contributed by atoms with Gasteiger partial charge in [-0.1, -0.05) is 13.0 Å². The predicted octanol–water partition coefficient (Wildman–Crippen LogP) is 1.60. The van der Waals surface area contributed by atoms with Crippen LogP contribution in [0.2, 0.25) is 0 Å². The first kappa shape index (κ1) is 12.8. The molecular weight excluding hydrogens is 226 g/mol. The van der Waals surface area contributed by atoms with Crippen molar-refractivity contribution in [2.45, 2.75) is 19.1 Å². The van der Waals surface area contributed by atoms with Crippen molar-refractivity contribution in [1.82, 2.24) is 0 Å². The average Bonchev–Trinajstić information content (AvgIpc) is 2.20. The zero-order chi connectivity index (χ0) is 12.2. The summed E-state index contributed by atoms with van der Waals surface area (Å²) in [5.74, 6) is 0.727. The lowest BCUT2D eigenvalue weighted by Crippen LogP contribution is -2.09. The highest BCUT2D eigenvalue weighted by Gasteiger charge is 2.14. The van der Waals surface area contributed by atoms with E-state index in [2.05, 4.69) is 0 Å². The van der Waals surface area contributed by atoms with Crippen molar-refractivity contribution in [3.63, 3.8) is 0 Å². The molecule has 0 amide bonds. The van der Waals surface area contributed by atoms with Gasteiger partial charge in [-0.05, 0) is 12.5 Å². The van der Waals surface area contributed by atoms with Crippen LogP contribution in [0, 0.1) is 0 Å². The largest absolute Gasteiger partial charge is 0.496 e. The molecule has 0 aromatic heterocycles. The van der Waals surface area contributed by atoms with E-state index in [-0.39, 0.29) is 11.5 Å². The number of hydrogen-bond donors (Lipinski definition) is 1. The highest BCUT2D eigenvalue weighted by molar-refractivity contribution is 7.90. The van der Waals surface area contributed by atoms with Gasteiger partial charge in [-0.15, -0.1) is 0 Å². The molecule has 0 fully saturated rings. The Morgan fingerprint density at radius 3 is 2.62 bits per heavy atom. The summed E-state index contributed by atoms with van der Waals surface area (Å²) in [4.78, 5) is 0. The highest BCUT2D eigenvalue weighted by atomic mass is 32.2. The van der Waals surface area contributed by atoms with Crippen LogP contribution in [0.3, 0.4) is 0 Å². The van der Waals surface area contributed by atoms with Crippen molar-refractivity contribution in [3.05, 3.63) is 23.8 Å². The van der Waals surface area contributed by atoms with Gasteiger partial charge < -0.3 is 10.5 Å². The van der Waals surface area contributed by atoms with Crippen LogP contribution in [-0.2, 0) is 15.6 Å². The maximum atomic E-state index is 11.7. The second-order valence-corrected chi connectivity index (χ2v) is 5.85. The van der Waals surface area contributed by atoms with Gasteiger partial charge in [0.15, 0.2) is 9.84 Å². The van der Waals surface area contributed by atoms with Crippen LogP contribution >= 0.6 is 0 Å². The molecule has 0 aliphatic rings. The Hall–Kier alpha value is -1.23. The third kappa shape index (κ3) is 3.41. The minimum atomic E-state index is -3.05. The van der Waals surface area contributed by atoms with Crippen LogP contribution in [-0.4, -0.2) is 21.3 Å². The third-order valence-corrected chi connectivity index (χ3v) is 3.98. The Morgan fingerprint density at radius 2 is 2.06 bits per heavy atom. The quantitative estimate of drug-likeness (QED) is 0.797. The molecule has 4 nitrogen and oxygen atoms in total. The molecule has 5 heteroatoms. The Labute approximate surface area is 96.3 Å². The number of hydrogen-bond acceptors (Lipinski definition) is 4. The van der Waals surface area contributed by atoms with Gasteiger partial charge in [-0.2, -0.15) is 0 Å². The summed E-state index contributed by atoms with van der Waals surface area (Å²) < 4.78 is 28.4. The van der Waals surface area contributed by atoms with Crippen LogP contribution in [0.15, 0.2) is 18.2 Å². The summed E-state index contributed by atoms with van der Waals surface area (Å²) in [5, 5.41) is 0. The molecule has 0 aliphatic heterocycles. The summed E-state index contributed by atoms with van der Waals surface area (Å²) in [7, 11) is -1.55. The lowest BCUT2D eigenvalue weighted by Gasteiger charge is -2.09. The third-order valence-electron chi connectivity index (χ3n) is 2.20. The van der Waals surface area contributed by atoms with E-state index < -0.39 is 9.84 Å². The first-order valence-corrected chi connectivity index (χ1v) is 6.93. The van der Waals surface area contributed by atoms with E-state index in [0.717, 1.165) is 0 Å². The number of sulfone groups is 1. The van der Waals surface area contributed by atoms with Crippen LogP contribution in [0.5, 0.6) is 5.75 Å². The summed E-state index contributed by atoms with van der Waals surface area (Å²) >= 11 is 0. The van der Waals surface area contributed by atoms with Crippen molar-refractivity contribution >= 4 is 15.5 Å². The van der Waals surface area contributed by atoms with Gasteiger partial charge >= 0.3 is 0 Å². The van der Waals surface area contributed by atoms with Crippen molar-refractivity contribution in [3.8, 4) is 5.75 Å². The van der Waals surface area contributed by atoms with Crippen molar-refractivity contribution in [2.75, 3.05) is 18.6 Å². The fraction of sp³-hybridized carbons (Fsp3) is 0.455. The topological polar surface area (TPSA) is 69.4 Å². The van der Waals surface area contributed by atoms with Crippen molar-refractivity contribution < 1.29 is 13.2 Å². The smallest absolute Gasteiger partial charge is 0.154 e. The lowest BCUT2D eigenvalue weighted by molar-refractivity contribution is 0.411. The van der Waals surface area contributed by atoms with Crippen molar-refractivity contribution in [2.24, 2.45) is 0 Å². The summed E-state index contributed by atoms with van der Waals surface area (Å²) in [6, 6.07) is 5.01. The monoisotopic (exact) mass is 243 g/mol. The van der Waals surface area contributed by atoms with Gasteiger partial charge in [0.25, 0.3) is 0 Å². The Morgan fingerprint density at radius 1 is 1.38 bits per heavy atom. The molecule has 1 rings (SSSR count). The second kappa shape index (κ2) is 5.21. The number of nitrogen functional groups attached to an aromatic ring is 1. The Bertz CT molecular complexity index is 454. The number of methoxy groups -OCH3 is 1. The lowest BCUT2D eigenvalue weighted by atomic mass is 10.2. The number of anilines is 1. The molecule has 0 heterocycles. The van der Waals surface area contributed by atoms with Crippen LogP contribution in [0.4, 0.5) is 5.69 Å². The van der Waals surface area contributed by atoms with E-state index in [4.69, 9.17) is 10.5 Å². The molecule has 0 saturated heterocycles. The number of ether oxygens (including phenoxy) is 1. The molecule has 0 radical (unpaired) electrons. The molecule has 0 bridgehead atoms. The fourth-order valence-corrected chi connectivity index (χ4v) is 2.98. The standard InChI is InChI=1S/C11H17NO3S/c1-3-6-16(13,14)8-9-4-5-10(12)7-11(9)15-2/h4-5,7H,3,6,8,12H2,1-2H3. The van der Waals surface area contributed by atoms with Gasteiger partial charge in [0.2, 0.25) is 0 Å². The van der Waals surface area contributed by atoms with Gasteiger partial charge in [0.1, 0.15) is 5.75 Å². The van der Waals surface area contributed by atoms with E-state index in [1.54, 1.807) is 18.2 Å². The van der Waals surface area contributed by atoms with E-state index in [9.17, 15) is 8.42 Å². The van der Waals surface area contributed by atoms with E-state index in [1.807, 2.05) is 6.92 Å². The van der Waals surface area contributed by atoms with Gasteiger partial charge in [0, 0.05) is 17.3 Å². The fourth-order valence-electron chi connectivity index (χ4n) is 1.50. The normalized spacial score (nSPS) is 11.4. The average molecular weight is 243 g/mol. The summed E-state index contributed by atoms with van der Waals surface area (Å²) in [6.07, 6.45) is 0.625. The molecule has 0 aliphatic carbocycles. The molecular formula is C11H17NO3S. The number of benzene rings is 1. The Kier molecular flexibility index (Phi) is 4.18. The highest BCUT2D eigenvalue weighted by Crippen LogP contribution is 2.23. The maximum Gasteiger partial charge on any atom is 0.154 e. The molecule has 0 spiro atoms. The summed E-state index contributed by atoms with van der Waals surface area (Å²) in [5.41, 5.74) is 6.82. The number of nitrogens with two attached hydrogens (primary N) is 1. The molecule has 0 unspecified atom stereocenters. The second-order valence-electron chi connectivity index (χ2n) is 3.66. The van der Waals surface area contributed by atoms with Crippen LogP contribution < -0.4 is 10.5 Å². The zero-order valence-electron chi connectivity index (χ0n) is 9.56. The Balaban J connectivity index is 2.97. The molecule has 0 saturated carbocycles. The van der Waals surface area contributed by atoms with E-state index in [1.165, 1.54) is 7.11 Å². The maximum absolute atomic E-state index is 11.7.